The van der Waals surface area contributed by atoms with Crippen LogP contribution in [0.15, 0.2) is 42.5 Å². The fourth-order valence-corrected chi connectivity index (χ4v) is 1.75. The molecule has 2 rings (SSSR count). The van der Waals surface area contributed by atoms with E-state index in [1.165, 1.54) is 0 Å². The van der Waals surface area contributed by atoms with E-state index < -0.39 is 17.5 Å². The van der Waals surface area contributed by atoms with E-state index in [0.29, 0.717) is 0 Å². The molecule has 0 spiro atoms. The van der Waals surface area contributed by atoms with Crippen LogP contribution in [-0.2, 0) is 6.54 Å². The van der Waals surface area contributed by atoms with E-state index in [1.807, 2.05) is 31.2 Å². The minimum absolute atomic E-state index is 0.279. The van der Waals surface area contributed by atoms with Gasteiger partial charge in [0.05, 0.1) is 5.56 Å². The van der Waals surface area contributed by atoms with Crippen molar-refractivity contribution >= 4 is 5.91 Å². The van der Waals surface area contributed by atoms with Gasteiger partial charge in [0.25, 0.3) is 5.91 Å². The molecule has 19 heavy (non-hydrogen) atoms. The Bertz CT molecular complexity index is 611. The molecule has 1 N–H and O–H groups in total. The van der Waals surface area contributed by atoms with Gasteiger partial charge in [0.2, 0.25) is 0 Å². The number of benzene rings is 2. The zero-order valence-electron chi connectivity index (χ0n) is 10.4. The lowest BCUT2D eigenvalue weighted by Gasteiger charge is -2.08. The Labute approximate surface area is 110 Å². The highest BCUT2D eigenvalue weighted by molar-refractivity contribution is 5.94. The first-order valence-corrected chi connectivity index (χ1v) is 5.85. The summed E-state index contributed by atoms with van der Waals surface area (Å²) in [4.78, 5) is 11.8. The molecular weight excluding hydrogens is 248 g/mol. The summed E-state index contributed by atoms with van der Waals surface area (Å²) in [7, 11) is 0. The molecule has 2 nitrogen and oxygen atoms in total. The molecule has 0 radical (unpaired) electrons. The summed E-state index contributed by atoms with van der Waals surface area (Å²) in [5.41, 5.74) is 1.68. The summed E-state index contributed by atoms with van der Waals surface area (Å²) in [6, 6.07) is 10.4. The van der Waals surface area contributed by atoms with Gasteiger partial charge < -0.3 is 5.32 Å². The molecular formula is C15H13F2NO. The van der Waals surface area contributed by atoms with Crippen molar-refractivity contribution < 1.29 is 13.6 Å². The minimum atomic E-state index is -0.733. The lowest BCUT2D eigenvalue weighted by atomic mass is 10.1. The second-order valence-electron chi connectivity index (χ2n) is 4.23. The number of hydrogen-bond acceptors (Lipinski definition) is 1. The Kier molecular flexibility index (Phi) is 3.90. The molecule has 0 saturated carbocycles. The fourth-order valence-electron chi connectivity index (χ4n) is 1.75. The SMILES string of the molecule is Cc1ccccc1CNC(=O)c1cc(F)ccc1F. The maximum Gasteiger partial charge on any atom is 0.254 e. The average Bonchev–Trinajstić information content (AvgIpc) is 2.40. The van der Waals surface area contributed by atoms with Crippen molar-refractivity contribution in [2.24, 2.45) is 0 Å². The van der Waals surface area contributed by atoms with E-state index in [1.54, 1.807) is 0 Å². The Morgan fingerprint density at radius 3 is 2.63 bits per heavy atom. The van der Waals surface area contributed by atoms with Gasteiger partial charge in [0.1, 0.15) is 11.6 Å². The Morgan fingerprint density at radius 2 is 1.89 bits per heavy atom. The normalized spacial score (nSPS) is 10.3. The average molecular weight is 261 g/mol. The number of carbonyl (C=O) groups excluding carboxylic acids is 1. The molecule has 0 aromatic heterocycles. The van der Waals surface area contributed by atoms with Gasteiger partial charge in [-0.25, -0.2) is 8.78 Å². The molecule has 2 aromatic carbocycles. The summed E-state index contributed by atoms with van der Waals surface area (Å²) in [5, 5.41) is 2.58. The molecule has 0 aliphatic carbocycles. The number of hydrogen-bond donors (Lipinski definition) is 1. The number of nitrogens with one attached hydrogen (secondary N) is 1. The van der Waals surface area contributed by atoms with Crippen LogP contribution in [0.1, 0.15) is 21.5 Å². The van der Waals surface area contributed by atoms with Gasteiger partial charge in [-0.05, 0) is 36.2 Å². The summed E-state index contributed by atoms with van der Waals surface area (Å²) >= 11 is 0. The summed E-state index contributed by atoms with van der Waals surface area (Å²) < 4.78 is 26.4. The van der Waals surface area contributed by atoms with Gasteiger partial charge in [0, 0.05) is 6.54 Å². The van der Waals surface area contributed by atoms with Gasteiger partial charge in [-0.15, -0.1) is 0 Å². The Balaban J connectivity index is 2.10. The molecule has 1 amide bonds. The summed E-state index contributed by atoms with van der Waals surface area (Å²) in [5.74, 6) is -1.99. The van der Waals surface area contributed by atoms with Gasteiger partial charge in [0.15, 0.2) is 0 Å². The third-order valence-corrected chi connectivity index (χ3v) is 2.87. The highest BCUT2D eigenvalue weighted by atomic mass is 19.1. The molecule has 0 bridgehead atoms. The third-order valence-electron chi connectivity index (χ3n) is 2.87. The molecule has 0 atom stereocenters. The lowest BCUT2D eigenvalue weighted by molar-refractivity contribution is 0.0946. The molecule has 2 aromatic rings. The van der Waals surface area contributed by atoms with E-state index in [9.17, 15) is 13.6 Å². The quantitative estimate of drug-likeness (QED) is 0.903. The second kappa shape index (κ2) is 5.61. The topological polar surface area (TPSA) is 29.1 Å². The van der Waals surface area contributed by atoms with Gasteiger partial charge in [-0.2, -0.15) is 0 Å². The van der Waals surface area contributed by atoms with E-state index in [2.05, 4.69) is 5.32 Å². The first-order chi connectivity index (χ1) is 9.08. The van der Waals surface area contributed by atoms with Crippen LogP contribution in [0.2, 0.25) is 0 Å². The molecule has 0 heterocycles. The molecule has 98 valence electrons. The summed E-state index contributed by atoms with van der Waals surface area (Å²) in [6.45, 7) is 2.20. The van der Waals surface area contributed by atoms with Crippen molar-refractivity contribution in [3.8, 4) is 0 Å². The Morgan fingerprint density at radius 1 is 1.16 bits per heavy atom. The van der Waals surface area contributed by atoms with E-state index in [-0.39, 0.29) is 12.1 Å². The number of rotatable bonds is 3. The van der Waals surface area contributed by atoms with Gasteiger partial charge in [-0.1, -0.05) is 24.3 Å². The predicted octanol–water partition coefficient (Wildman–Crippen LogP) is 3.20. The number of carbonyl (C=O) groups is 1. The largest absolute Gasteiger partial charge is 0.348 e. The van der Waals surface area contributed by atoms with E-state index in [0.717, 1.165) is 29.3 Å². The van der Waals surface area contributed by atoms with Crippen LogP contribution in [0, 0.1) is 18.6 Å². The van der Waals surface area contributed by atoms with Gasteiger partial charge in [-0.3, -0.25) is 4.79 Å². The van der Waals surface area contributed by atoms with Crippen LogP contribution >= 0.6 is 0 Å². The van der Waals surface area contributed by atoms with Crippen molar-refractivity contribution in [3.63, 3.8) is 0 Å². The number of aryl methyl sites for hydroxylation is 1. The molecule has 0 aliphatic heterocycles. The molecule has 4 heteroatoms. The van der Waals surface area contributed by atoms with Crippen LogP contribution in [0.5, 0.6) is 0 Å². The standard InChI is InChI=1S/C15H13F2NO/c1-10-4-2-3-5-11(10)9-18-15(19)13-8-12(16)6-7-14(13)17/h2-8H,9H2,1H3,(H,18,19). The van der Waals surface area contributed by atoms with Crippen molar-refractivity contribution in [1.82, 2.24) is 5.32 Å². The predicted molar refractivity (Wildman–Crippen MR) is 68.7 cm³/mol. The maximum atomic E-state index is 13.4. The van der Waals surface area contributed by atoms with Crippen molar-refractivity contribution in [2.75, 3.05) is 0 Å². The fraction of sp³-hybridized carbons (Fsp3) is 0.133. The van der Waals surface area contributed by atoms with E-state index >= 15 is 0 Å². The first kappa shape index (κ1) is 13.2. The Hall–Kier alpha value is -2.23. The van der Waals surface area contributed by atoms with Crippen LogP contribution in [0.4, 0.5) is 8.78 Å². The molecule has 0 unspecified atom stereocenters. The molecule has 0 fully saturated rings. The van der Waals surface area contributed by atoms with Crippen molar-refractivity contribution in [2.45, 2.75) is 13.5 Å². The van der Waals surface area contributed by atoms with E-state index in [4.69, 9.17) is 0 Å². The van der Waals surface area contributed by atoms with Crippen molar-refractivity contribution in [3.05, 3.63) is 70.8 Å². The zero-order chi connectivity index (χ0) is 13.8. The zero-order valence-corrected chi connectivity index (χ0v) is 10.4. The monoisotopic (exact) mass is 261 g/mol. The maximum absolute atomic E-state index is 13.4. The smallest absolute Gasteiger partial charge is 0.254 e. The number of amides is 1. The second-order valence-corrected chi connectivity index (χ2v) is 4.23. The van der Waals surface area contributed by atoms with Crippen LogP contribution in [0.25, 0.3) is 0 Å². The lowest BCUT2D eigenvalue weighted by Crippen LogP contribution is -2.24. The summed E-state index contributed by atoms with van der Waals surface area (Å²) in [6.07, 6.45) is 0. The van der Waals surface area contributed by atoms with Gasteiger partial charge >= 0.3 is 0 Å². The van der Waals surface area contributed by atoms with Crippen LogP contribution in [-0.4, -0.2) is 5.91 Å². The molecule has 0 aliphatic rings. The van der Waals surface area contributed by atoms with Crippen LogP contribution in [0.3, 0.4) is 0 Å². The van der Waals surface area contributed by atoms with Crippen LogP contribution < -0.4 is 5.32 Å². The highest BCUT2D eigenvalue weighted by Gasteiger charge is 2.12. The number of halogens is 2. The highest BCUT2D eigenvalue weighted by Crippen LogP contribution is 2.11. The minimum Gasteiger partial charge on any atom is -0.348 e. The molecule has 0 saturated heterocycles. The third kappa shape index (κ3) is 3.16. The van der Waals surface area contributed by atoms with Crippen molar-refractivity contribution in [1.29, 1.82) is 0 Å². The first-order valence-electron chi connectivity index (χ1n) is 5.85.